The van der Waals surface area contributed by atoms with Crippen molar-refractivity contribution in [2.75, 3.05) is 6.61 Å². The van der Waals surface area contributed by atoms with E-state index in [1.807, 2.05) is 32.9 Å². The normalized spacial score (nSPS) is 18.4. The molecule has 1 aliphatic rings. The van der Waals surface area contributed by atoms with Gasteiger partial charge in [0.25, 0.3) is 0 Å². The summed E-state index contributed by atoms with van der Waals surface area (Å²) >= 11 is 0. The zero-order valence-corrected chi connectivity index (χ0v) is 11.2. The van der Waals surface area contributed by atoms with Gasteiger partial charge in [-0.05, 0) is 31.8 Å². The molecule has 0 aromatic rings. The van der Waals surface area contributed by atoms with E-state index in [-0.39, 0.29) is 11.7 Å². The van der Waals surface area contributed by atoms with Gasteiger partial charge < -0.3 is 4.74 Å². The Morgan fingerprint density at radius 2 is 2.18 bits per heavy atom. The van der Waals surface area contributed by atoms with Crippen molar-refractivity contribution in [1.82, 2.24) is 0 Å². The maximum absolute atomic E-state index is 11.8. The average Bonchev–Trinajstić information content (AvgIpc) is 3.12. The van der Waals surface area contributed by atoms with E-state index >= 15 is 0 Å². The first-order chi connectivity index (χ1) is 8.17. The lowest BCUT2D eigenvalue weighted by molar-refractivity contribution is -0.117. The molecular formula is C15H24O2. The van der Waals surface area contributed by atoms with E-state index in [1.54, 1.807) is 6.08 Å². The van der Waals surface area contributed by atoms with Crippen molar-refractivity contribution >= 4 is 5.78 Å². The Morgan fingerprint density at radius 1 is 1.47 bits per heavy atom. The van der Waals surface area contributed by atoms with Crippen LogP contribution in [0.5, 0.6) is 0 Å². The van der Waals surface area contributed by atoms with Gasteiger partial charge >= 0.3 is 0 Å². The van der Waals surface area contributed by atoms with Crippen molar-refractivity contribution < 1.29 is 9.53 Å². The quantitative estimate of drug-likeness (QED) is 0.363. The third-order valence-corrected chi connectivity index (χ3v) is 3.21. The Labute approximate surface area is 105 Å². The van der Waals surface area contributed by atoms with Crippen LogP contribution in [0.25, 0.3) is 0 Å². The summed E-state index contributed by atoms with van der Waals surface area (Å²) in [7, 11) is 0. The zero-order chi connectivity index (χ0) is 12.7. The zero-order valence-electron chi connectivity index (χ0n) is 11.2. The molecule has 0 heterocycles. The minimum Gasteiger partial charge on any atom is -0.493 e. The van der Waals surface area contributed by atoms with E-state index in [1.165, 1.54) is 12.8 Å². The van der Waals surface area contributed by atoms with Crippen LogP contribution in [0.1, 0.15) is 46.5 Å². The number of carbonyl (C=O) groups is 1. The molecule has 96 valence electrons. The number of ketones is 1. The van der Waals surface area contributed by atoms with Gasteiger partial charge in [0.15, 0.2) is 5.78 Å². The molecule has 1 unspecified atom stereocenters. The molecule has 2 heteroatoms. The summed E-state index contributed by atoms with van der Waals surface area (Å²) in [5.41, 5.74) is 0. The molecule has 0 bridgehead atoms. The fraction of sp³-hybridized carbons (Fsp3) is 0.667. The molecule has 2 nitrogen and oxygen atoms in total. The van der Waals surface area contributed by atoms with Gasteiger partial charge in [-0.2, -0.15) is 0 Å². The van der Waals surface area contributed by atoms with Gasteiger partial charge in [-0.3, -0.25) is 4.79 Å². The Hall–Kier alpha value is -1.05. The molecule has 0 radical (unpaired) electrons. The van der Waals surface area contributed by atoms with Crippen molar-refractivity contribution in [3.63, 3.8) is 0 Å². The number of hydrogen-bond acceptors (Lipinski definition) is 2. The summed E-state index contributed by atoms with van der Waals surface area (Å²) < 4.78 is 5.65. The molecule has 1 fully saturated rings. The van der Waals surface area contributed by atoms with Gasteiger partial charge in [-0.1, -0.05) is 32.8 Å². The number of hydrogen-bond donors (Lipinski definition) is 0. The smallest absolute Gasteiger partial charge is 0.162 e. The third kappa shape index (κ3) is 5.71. The first-order valence-electron chi connectivity index (χ1n) is 6.68. The van der Waals surface area contributed by atoms with Crippen LogP contribution in [0.4, 0.5) is 0 Å². The highest BCUT2D eigenvalue weighted by Crippen LogP contribution is 2.32. The molecule has 0 aromatic heterocycles. The van der Waals surface area contributed by atoms with Crippen LogP contribution in [-0.4, -0.2) is 12.4 Å². The van der Waals surface area contributed by atoms with Crippen LogP contribution in [0, 0.1) is 11.8 Å². The second kappa shape index (κ2) is 7.31. The van der Waals surface area contributed by atoms with Crippen molar-refractivity contribution in [1.29, 1.82) is 0 Å². The van der Waals surface area contributed by atoms with Crippen molar-refractivity contribution in [2.24, 2.45) is 11.8 Å². The van der Waals surface area contributed by atoms with Crippen LogP contribution < -0.4 is 0 Å². The largest absolute Gasteiger partial charge is 0.493 e. The average molecular weight is 236 g/mol. The standard InChI is InChI=1S/C15H24O2/c1-4-6-14(11-15(16)12(3)5-2)17-10-9-13-7-8-13/h4,6,11-13H,5,7-10H2,1-3H3/b6-4-,14-11+. The lowest BCUT2D eigenvalue weighted by Gasteiger charge is -2.08. The first kappa shape index (κ1) is 14.0. The second-order valence-corrected chi connectivity index (χ2v) is 4.84. The van der Waals surface area contributed by atoms with Crippen molar-refractivity contribution in [3.05, 3.63) is 24.0 Å². The molecule has 0 spiro atoms. The van der Waals surface area contributed by atoms with E-state index in [2.05, 4.69) is 0 Å². The van der Waals surface area contributed by atoms with Gasteiger partial charge in [0.05, 0.1) is 6.61 Å². The molecule has 1 aliphatic carbocycles. The maximum atomic E-state index is 11.8. The molecule has 0 aromatic carbocycles. The molecule has 0 N–H and O–H groups in total. The number of rotatable bonds is 8. The minimum atomic E-state index is 0.0855. The number of ether oxygens (including phenoxy) is 1. The highest BCUT2D eigenvalue weighted by atomic mass is 16.5. The summed E-state index contributed by atoms with van der Waals surface area (Å²) in [5.74, 6) is 1.82. The molecule has 17 heavy (non-hydrogen) atoms. The monoisotopic (exact) mass is 236 g/mol. The van der Waals surface area contributed by atoms with Gasteiger partial charge in [-0.25, -0.2) is 0 Å². The summed E-state index contributed by atoms with van der Waals surface area (Å²) in [6.45, 7) is 6.65. The van der Waals surface area contributed by atoms with E-state index in [0.29, 0.717) is 5.76 Å². The highest BCUT2D eigenvalue weighted by molar-refractivity contribution is 5.92. The Morgan fingerprint density at radius 3 is 2.71 bits per heavy atom. The Balaban J connectivity index is 2.44. The van der Waals surface area contributed by atoms with Crippen molar-refractivity contribution in [3.8, 4) is 0 Å². The molecule has 1 rings (SSSR count). The van der Waals surface area contributed by atoms with E-state index in [4.69, 9.17) is 4.74 Å². The fourth-order valence-electron chi connectivity index (χ4n) is 1.54. The van der Waals surface area contributed by atoms with E-state index < -0.39 is 0 Å². The molecule has 0 aliphatic heterocycles. The Bertz CT molecular complexity index is 298. The summed E-state index contributed by atoms with van der Waals surface area (Å²) in [5, 5.41) is 0. The highest BCUT2D eigenvalue weighted by Gasteiger charge is 2.20. The van der Waals surface area contributed by atoms with Crippen LogP contribution in [0.15, 0.2) is 24.0 Å². The molecule has 0 amide bonds. The van der Waals surface area contributed by atoms with Gasteiger partial charge in [-0.15, -0.1) is 0 Å². The maximum Gasteiger partial charge on any atom is 0.162 e. The fourth-order valence-corrected chi connectivity index (χ4v) is 1.54. The van der Waals surface area contributed by atoms with Crippen LogP contribution in [0.2, 0.25) is 0 Å². The van der Waals surface area contributed by atoms with Crippen LogP contribution >= 0.6 is 0 Å². The first-order valence-corrected chi connectivity index (χ1v) is 6.68. The van der Waals surface area contributed by atoms with Crippen LogP contribution in [-0.2, 0) is 9.53 Å². The van der Waals surface area contributed by atoms with Gasteiger partial charge in [0.2, 0.25) is 0 Å². The summed E-state index contributed by atoms with van der Waals surface area (Å²) in [4.78, 5) is 11.8. The minimum absolute atomic E-state index is 0.0855. The van der Waals surface area contributed by atoms with Gasteiger partial charge in [0, 0.05) is 12.0 Å². The molecular weight excluding hydrogens is 212 g/mol. The predicted molar refractivity (Wildman–Crippen MR) is 70.7 cm³/mol. The molecule has 1 atom stereocenters. The third-order valence-electron chi connectivity index (χ3n) is 3.21. The van der Waals surface area contributed by atoms with Crippen molar-refractivity contribution in [2.45, 2.75) is 46.5 Å². The number of allylic oxidation sites excluding steroid dienone is 3. The topological polar surface area (TPSA) is 26.3 Å². The van der Waals surface area contributed by atoms with Gasteiger partial charge in [0.1, 0.15) is 5.76 Å². The lowest BCUT2D eigenvalue weighted by atomic mass is 10.0. The summed E-state index contributed by atoms with van der Waals surface area (Å²) in [6, 6.07) is 0. The second-order valence-electron chi connectivity index (χ2n) is 4.84. The molecule has 1 saturated carbocycles. The van der Waals surface area contributed by atoms with Crippen LogP contribution in [0.3, 0.4) is 0 Å². The lowest BCUT2D eigenvalue weighted by Crippen LogP contribution is -2.08. The number of carbonyl (C=O) groups excluding carboxylic acids is 1. The summed E-state index contributed by atoms with van der Waals surface area (Å²) in [6.07, 6.45) is 10.1. The predicted octanol–water partition coefficient (Wildman–Crippen LogP) is 3.88. The SMILES string of the molecule is C/C=C\C(=C/C(=O)C(C)CC)OCCC1CC1. The van der Waals surface area contributed by atoms with E-state index in [0.717, 1.165) is 25.4 Å². The van der Waals surface area contributed by atoms with E-state index in [9.17, 15) is 4.79 Å². The molecule has 0 saturated heterocycles. The Kier molecular flexibility index (Phi) is 6.03.